The van der Waals surface area contributed by atoms with E-state index in [1.54, 1.807) is 0 Å². The number of hydrogen-bond donors (Lipinski definition) is 0. The number of likely N-dealkylation sites (tertiary alicyclic amines) is 1. The molecular formula is C18H35NO2. The average Bonchev–Trinajstić information content (AvgIpc) is 2.83. The Labute approximate surface area is 131 Å². The normalized spacial score (nSPS) is 25.3. The first kappa shape index (κ1) is 18.5. The Hall–Kier alpha value is -0.570. The first-order valence-electron chi connectivity index (χ1n) is 9.15. The summed E-state index contributed by atoms with van der Waals surface area (Å²) in [4.78, 5) is 11.2. The van der Waals surface area contributed by atoms with Gasteiger partial charge in [0.15, 0.2) is 0 Å². The van der Waals surface area contributed by atoms with Crippen LogP contribution in [-0.4, -0.2) is 36.6 Å². The molecular weight excluding hydrogens is 262 g/mol. The maximum atomic E-state index is 11.2. The van der Waals surface area contributed by atoms with Gasteiger partial charge in [0.1, 0.15) is 6.04 Å². The number of nitrogens with zero attached hydrogens (tertiary/aromatic N) is 1. The van der Waals surface area contributed by atoms with Crippen molar-refractivity contribution in [3.63, 3.8) is 0 Å². The fourth-order valence-electron chi connectivity index (χ4n) is 3.71. The number of carboxylic acid groups (broad SMARTS) is 1. The Kier molecular flexibility index (Phi) is 8.98. The zero-order valence-corrected chi connectivity index (χ0v) is 14.2. The van der Waals surface area contributed by atoms with Crippen molar-refractivity contribution in [2.75, 3.05) is 20.1 Å². The summed E-state index contributed by atoms with van der Waals surface area (Å²) in [7, 11) is 2.10. The van der Waals surface area contributed by atoms with E-state index in [1.807, 2.05) is 0 Å². The zero-order chi connectivity index (χ0) is 15.6. The van der Waals surface area contributed by atoms with Gasteiger partial charge in [0, 0.05) is 12.8 Å². The molecule has 1 heterocycles. The predicted octanol–water partition coefficient (Wildman–Crippen LogP) is 3.27. The summed E-state index contributed by atoms with van der Waals surface area (Å²) >= 11 is 0. The molecule has 0 radical (unpaired) electrons. The van der Waals surface area contributed by atoms with Gasteiger partial charge >= 0.3 is 0 Å². The van der Waals surface area contributed by atoms with Crippen molar-refractivity contribution in [1.29, 1.82) is 0 Å². The summed E-state index contributed by atoms with van der Waals surface area (Å²) in [5, 5.41) is 11.2. The molecule has 1 aliphatic rings. The number of quaternary nitrogens is 1. The third-order valence-electron chi connectivity index (χ3n) is 5.19. The van der Waals surface area contributed by atoms with Crippen molar-refractivity contribution in [2.24, 2.45) is 0 Å². The molecule has 0 amide bonds. The van der Waals surface area contributed by atoms with Crippen molar-refractivity contribution < 1.29 is 14.4 Å². The molecule has 1 aliphatic heterocycles. The Morgan fingerprint density at radius 2 is 1.52 bits per heavy atom. The Morgan fingerprint density at radius 3 is 2.05 bits per heavy atom. The van der Waals surface area contributed by atoms with Gasteiger partial charge < -0.3 is 14.4 Å². The highest BCUT2D eigenvalue weighted by atomic mass is 16.4. The molecule has 0 aliphatic carbocycles. The van der Waals surface area contributed by atoms with Crippen LogP contribution in [0.15, 0.2) is 0 Å². The molecule has 0 spiro atoms. The average molecular weight is 297 g/mol. The predicted molar refractivity (Wildman–Crippen MR) is 85.8 cm³/mol. The van der Waals surface area contributed by atoms with Gasteiger partial charge in [0.2, 0.25) is 0 Å². The SMILES string of the molecule is CCCCCCCCCCCC[N+]1(C)CCCC1C(=O)[O-]. The minimum Gasteiger partial charge on any atom is -0.544 e. The monoisotopic (exact) mass is 297 g/mol. The topological polar surface area (TPSA) is 40.1 Å². The lowest BCUT2D eigenvalue weighted by atomic mass is 10.1. The zero-order valence-electron chi connectivity index (χ0n) is 14.2. The van der Waals surface area contributed by atoms with Crippen molar-refractivity contribution in [3.8, 4) is 0 Å². The standard InChI is InChI=1S/C18H35NO2/c1-3-4-5-6-7-8-9-10-11-12-15-19(2)16-13-14-17(19)18(20)21/h17H,3-16H2,1-2H3. The molecule has 0 aromatic heterocycles. The molecule has 0 N–H and O–H groups in total. The lowest BCUT2D eigenvalue weighted by molar-refractivity contribution is -0.915. The number of carbonyl (C=O) groups excluding carboxylic acids is 1. The van der Waals surface area contributed by atoms with Gasteiger partial charge in [-0.2, -0.15) is 0 Å². The van der Waals surface area contributed by atoms with E-state index in [-0.39, 0.29) is 6.04 Å². The molecule has 1 fully saturated rings. The van der Waals surface area contributed by atoms with Crippen molar-refractivity contribution in [3.05, 3.63) is 0 Å². The lowest BCUT2D eigenvalue weighted by Gasteiger charge is -2.36. The molecule has 3 nitrogen and oxygen atoms in total. The van der Waals surface area contributed by atoms with Crippen LogP contribution >= 0.6 is 0 Å². The molecule has 2 atom stereocenters. The Morgan fingerprint density at radius 1 is 1.00 bits per heavy atom. The molecule has 21 heavy (non-hydrogen) atoms. The largest absolute Gasteiger partial charge is 0.544 e. The van der Waals surface area contributed by atoms with E-state index >= 15 is 0 Å². The molecule has 0 aromatic rings. The highest BCUT2D eigenvalue weighted by Crippen LogP contribution is 2.25. The number of carbonyl (C=O) groups is 1. The highest BCUT2D eigenvalue weighted by Gasteiger charge is 2.38. The van der Waals surface area contributed by atoms with E-state index in [2.05, 4.69) is 14.0 Å². The van der Waals surface area contributed by atoms with Crippen LogP contribution in [0.2, 0.25) is 0 Å². The summed E-state index contributed by atoms with van der Waals surface area (Å²) in [6.45, 7) is 4.28. The summed E-state index contributed by atoms with van der Waals surface area (Å²) in [5.41, 5.74) is 0. The van der Waals surface area contributed by atoms with Crippen molar-refractivity contribution in [2.45, 2.75) is 90.0 Å². The van der Waals surface area contributed by atoms with Crippen LogP contribution in [0.25, 0.3) is 0 Å². The van der Waals surface area contributed by atoms with Crippen molar-refractivity contribution in [1.82, 2.24) is 0 Å². The minimum atomic E-state index is -0.845. The fourth-order valence-corrected chi connectivity index (χ4v) is 3.71. The van der Waals surface area contributed by atoms with Crippen molar-refractivity contribution >= 4 is 5.97 Å². The second-order valence-electron chi connectivity index (χ2n) is 7.09. The van der Waals surface area contributed by atoms with E-state index < -0.39 is 5.97 Å². The third-order valence-corrected chi connectivity index (χ3v) is 5.19. The second kappa shape index (κ2) is 10.2. The van der Waals surface area contributed by atoms with Crippen LogP contribution in [0.5, 0.6) is 0 Å². The van der Waals surface area contributed by atoms with E-state index in [0.717, 1.165) is 32.4 Å². The molecule has 3 heteroatoms. The number of likely N-dealkylation sites (N-methyl/N-ethyl adjacent to an activating group) is 1. The quantitative estimate of drug-likeness (QED) is 0.410. The molecule has 0 bridgehead atoms. The molecule has 0 aromatic carbocycles. The molecule has 1 saturated heterocycles. The number of aliphatic carboxylic acids is 1. The van der Waals surface area contributed by atoms with Gasteiger partial charge in [0.25, 0.3) is 0 Å². The maximum absolute atomic E-state index is 11.2. The van der Waals surface area contributed by atoms with Gasteiger partial charge in [-0.05, 0) is 12.8 Å². The van der Waals surface area contributed by atoms with E-state index in [9.17, 15) is 9.90 Å². The number of unbranched alkanes of at least 4 members (excludes halogenated alkanes) is 9. The summed E-state index contributed by atoms with van der Waals surface area (Å²) in [6.07, 6.45) is 15.2. The molecule has 0 saturated carbocycles. The summed E-state index contributed by atoms with van der Waals surface area (Å²) in [5.74, 6) is -0.845. The fraction of sp³-hybridized carbons (Fsp3) is 0.944. The van der Waals surface area contributed by atoms with Crippen LogP contribution in [0.3, 0.4) is 0 Å². The van der Waals surface area contributed by atoms with Crippen LogP contribution in [0, 0.1) is 0 Å². The molecule has 124 valence electrons. The lowest BCUT2D eigenvalue weighted by Crippen LogP contribution is -2.56. The molecule has 2 unspecified atom stereocenters. The number of hydrogen-bond acceptors (Lipinski definition) is 2. The molecule has 1 rings (SSSR count). The van der Waals surface area contributed by atoms with Gasteiger partial charge in [-0.3, -0.25) is 0 Å². The third kappa shape index (κ3) is 6.82. The van der Waals surface area contributed by atoms with E-state index in [0.29, 0.717) is 4.48 Å². The van der Waals surface area contributed by atoms with Crippen LogP contribution in [0.4, 0.5) is 0 Å². The van der Waals surface area contributed by atoms with Crippen LogP contribution in [-0.2, 0) is 4.79 Å². The van der Waals surface area contributed by atoms with Gasteiger partial charge in [0.05, 0.1) is 26.1 Å². The van der Waals surface area contributed by atoms with E-state index in [4.69, 9.17) is 0 Å². The summed E-state index contributed by atoms with van der Waals surface area (Å²) in [6, 6.07) is -0.261. The summed E-state index contributed by atoms with van der Waals surface area (Å²) < 4.78 is 0.708. The first-order valence-corrected chi connectivity index (χ1v) is 9.15. The minimum absolute atomic E-state index is 0.261. The van der Waals surface area contributed by atoms with Gasteiger partial charge in [-0.15, -0.1) is 0 Å². The van der Waals surface area contributed by atoms with E-state index in [1.165, 1.54) is 57.8 Å². The van der Waals surface area contributed by atoms with Gasteiger partial charge in [-0.25, -0.2) is 0 Å². The first-order chi connectivity index (χ1) is 10.1. The Bertz CT molecular complexity index is 293. The van der Waals surface area contributed by atoms with Crippen LogP contribution in [0.1, 0.15) is 84.0 Å². The second-order valence-corrected chi connectivity index (χ2v) is 7.09. The van der Waals surface area contributed by atoms with Gasteiger partial charge in [-0.1, -0.05) is 58.3 Å². The highest BCUT2D eigenvalue weighted by molar-refractivity contribution is 5.70. The smallest absolute Gasteiger partial charge is 0.129 e. The van der Waals surface area contributed by atoms with Crippen LogP contribution < -0.4 is 5.11 Å². The Balaban J connectivity index is 2.00. The number of rotatable bonds is 12. The maximum Gasteiger partial charge on any atom is 0.129 e. The number of carboxylic acids is 1.